The Bertz CT molecular complexity index is 929. The van der Waals surface area contributed by atoms with E-state index in [-0.39, 0.29) is 0 Å². The minimum absolute atomic E-state index is 0.812. The maximum absolute atomic E-state index is 9.45. The lowest BCUT2D eigenvalue weighted by Crippen LogP contribution is -2.15. The maximum atomic E-state index is 9.45. The molecule has 2 aromatic carbocycles. The second-order valence-corrected chi connectivity index (χ2v) is 6.40. The molecular formula is C20H19N3. The van der Waals surface area contributed by atoms with Crippen LogP contribution in [0.25, 0.3) is 10.9 Å². The molecule has 3 heteroatoms. The van der Waals surface area contributed by atoms with Crippen LogP contribution >= 0.6 is 0 Å². The summed E-state index contributed by atoms with van der Waals surface area (Å²) in [5, 5.41) is 10.5. The number of nitriles is 1. The van der Waals surface area contributed by atoms with Gasteiger partial charge in [0.2, 0.25) is 0 Å². The van der Waals surface area contributed by atoms with E-state index in [4.69, 9.17) is 0 Å². The molecule has 0 amide bonds. The van der Waals surface area contributed by atoms with Crippen LogP contribution in [0.1, 0.15) is 27.9 Å². The summed E-state index contributed by atoms with van der Waals surface area (Å²) in [7, 11) is 2.04. The highest BCUT2D eigenvalue weighted by atomic mass is 15.1. The van der Waals surface area contributed by atoms with E-state index in [1.165, 1.54) is 22.2 Å². The summed E-state index contributed by atoms with van der Waals surface area (Å²) in [4.78, 5) is 2.46. The lowest BCUT2D eigenvalue weighted by molar-refractivity contribution is 0.275. The minimum Gasteiger partial charge on any atom is -0.347 e. The van der Waals surface area contributed by atoms with E-state index in [1.54, 1.807) is 0 Å². The number of hydrogen-bond donors (Lipinski definition) is 0. The molecule has 0 saturated heterocycles. The van der Waals surface area contributed by atoms with Crippen LogP contribution in [0.5, 0.6) is 0 Å². The lowest BCUT2D eigenvalue weighted by atomic mass is 10.1. The first-order chi connectivity index (χ1) is 11.2. The van der Waals surface area contributed by atoms with E-state index in [2.05, 4.69) is 58.0 Å². The first-order valence-electron chi connectivity index (χ1n) is 7.94. The number of aryl methyl sites for hydroxylation is 1. The summed E-state index contributed by atoms with van der Waals surface area (Å²) >= 11 is 0. The van der Waals surface area contributed by atoms with Crippen molar-refractivity contribution in [1.29, 1.82) is 5.26 Å². The van der Waals surface area contributed by atoms with Gasteiger partial charge in [0.15, 0.2) is 0 Å². The van der Waals surface area contributed by atoms with Crippen molar-refractivity contribution < 1.29 is 0 Å². The maximum Gasteiger partial charge on any atom is 0.102 e. The summed E-state index contributed by atoms with van der Waals surface area (Å²) in [5.74, 6) is 0. The summed E-state index contributed by atoms with van der Waals surface area (Å²) in [6.07, 6.45) is 0. The largest absolute Gasteiger partial charge is 0.347 e. The van der Waals surface area contributed by atoms with Gasteiger partial charge in [-0.15, -0.1) is 0 Å². The van der Waals surface area contributed by atoms with Crippen molar-refractivity contribution in [2.75, 3.05) is 0 Å². The standard InChI is InChI=1S/C20H19N3/c1-14-19(10-21)18-8-16-12-23(11-15-6-4-3-5-7-15)13-17(16)9-20(18)22(14)2/h3-9H,11-13H2,1-2H3. The predicted octanol–water partition coefficient (Wildman–Crippen LogP) is 3.87. The molecule has 3 nitrogen and oxygen atoms in total. The predicted molar refractivity (Wildman–Crippen MR) is 91.8 cm³/mol. The third-order valence-electron chi connectivity index (χ3n) is 4.96. The van der Waals surface area contributed by atoms with Gasteiger partial charge in [0, 0.05) is 43.3 Å². The molecule has 23 heavy (non-hydrogen) atoms. The third kappa shape index (κ3) is 2.23. The van der Waals surface area contributed by atoms with E-state index >= 15 is 0 Å². The van der Waals surface area contributed by atoms with Crippen LogP contribution in [0.3, 0.4) is 0 Å². The number of aromatic nitrogens is 1. The SMILES string of the molecule is Cc1c(C#N)c2cc3c(cc2n1C)CN(Cc1ccccc1)C3. The molecule has 0 fully saturated rings. The van der Waals surface area contributed by atoms with E-state index in [1.807, 2.05) is 14.0 Å². The van der Waals surface area contributed by atoms with Gasteiger partial charge in [-0.2, -0.15) is 5.26 Å². The molecule has 0 saturated carbocycles. The van der Waals surface area contributed by atoms with E-state index in [9.17, 15) is 5.26 Å². The molecule has 3 aromatic rings. The first-order valence-corrected chi connectivity index (χ1v) is 7.94. The lowest BCUT2D eigenvalue weighted by Gasteiger charge is -2.14. The average Bonchev–Trinajstić information content (AvgIpc) is 3.05. The molecule has 0 radical (unpaired) electrons. The Balaban J connectivity index is 1.69. The van der Waals surface area contributed by atoms with Gasteiger partial charge in [-0.3, -0.25) is 4.90 Å². The Kier molecular flexibility index (Phi) is 3.21. The fourth-order valence-corrected chi connectivity index (χ4v) is 3.62. The van der Waals surface area contributed by atoms with Crippen molar-refractivity contribution in [3.05, 3.63) is 70.4 Å². The molecule has 114 valence electrons. The Morgan fingerprint density at radius 1 is 1.09 bits per heavy atom. The van der Waals surface area contributed by atoms with Crippen molar-refractivity contribution in [1.82, 2.24) is 9.47 Å². The van der Waals surface area contributed by atoms with E-state index in [0.717, 1.165) is 36.3 Å². The number of hydrogen-bond acceptors (Lipinski definition) is 2. The zero-order valence-corrected chi connectivity index (χ0v) is 13.5. The third-order valence-corrected chi connectivity index (χ3v) is 4.96. The van der Waals surface area contributed by atoms with Gasteiger partial charge in [-0.05, 0) is 35.7 Å². The Labute approximate surface area is 136 Å². The average molecular weight is 301 g/mol. The number of benzene rings is 2. The number of rotatable bonds is 2. The minimum atomic E-state index is 0.812. The fraction of sp³-hybridized carbons (Fsp3) is 0.250. The Morgan fingerprint density at radius 3 is 2.48 bits per heavy atom. The van der Waals surface area contributed by atoms with E-state index < -0.39 is 0 Å². The Hall–Kier alpha value is -2.57. The molecule has 0 N–H and O–H groups in total. The van der Waals surface area contributed by atoms with Gasteiger partial charge in [0.05, 0.1) is 5.56 Å². The molecule has 1 aliphatic heterocycles. The van der Waals surface area contributed by atoms with Gasteiger partial charge < -0.3 is 4.57 Å². The van der Waals surface area contributed by atoms with Crippen molar-refractivity contribution in [3.63, 3.8) is 0 Å². The first kappa shape index (κ1) is 14.0. The molecule has 1 aromatic heterocycles. The zero-order valence-electron chi connectivity index (χ0n) is 13.5. The van der Waals surface area contributed by atoms with Gasteiger partial charge in [0.25, 0.3) is 0 Å². The highest BCUT2D eigenvalue weighted by Gasteiger charge is 2.22. The van der Waals surface area contributed by atoms with Gasteiger partial charge in [0.1, 0.15) is 6.07 Å². The number of fused-ring (bicyclic) bond motifs is 2. The van der Waals surface area contributed by atoms with Crippen molar-refractivity contribution in [2.24, 2.45) is 7.05 Å². The second-order valence-electron chi connectivity index (χ2n) is 6.40. The fourth-order valence-electron chi connectivity index (χ4n) is 3.62. The van der Waals surface area contributed by atoms with Crippen LogP contribution in [0.2, 0.25) is 0 Å². The van der Waals surface area contributed by atoms with Crippen LogP contribution < -0.4 is 0 Å². The highest BCUT2D eigenvalue weighted by molar-refractivity contribution is 5.89. The van der Waals surface area contributed by atoms with Crippen LogP contribution in [0.4, 0.5) is 0 Å². The van der Waals surface area contributed by atoms with Crippen LogP contribution in [0.15, 0.2) is 42.5 Å². The zero-order chi connectivity index (χ0) is 16.0. The molecule has 2 heterocycles. The topological polar surface area (TPSA) is 32.0 Å². The summed E-state index contributed by atoms with van der Waals surface area (Å²) in [6.45, 7) is 4.92. The van der Waals surface area contributed by atoms with Crippen LogP contribution in [-0.2, 0) is 26.7 Å². The molecule has 0 unspecified atom stereocenters. The molecule has 4 rings (SSSR count). The highest BCUT2D eigenvalue weighted by Crippen LogP contribution is 2.32. The monoisotopic (exact) mass is 301 g/mol. The van der Waals surface area contributed by atoms with Crippen molar-refractivity contribution >= 4 is 10.9 Å². The smallest absolute Gasteiger partial charge is 0.102 e. The molecule has 0 aliphatic carbocycles. The quantitative estimate of drug-likeness (QED) is 0.719. The van der Waals surface area contributed by atoms with Crippen LogP contribution in [-0.4, -0.2) is 9.47 Å². The Morgan fingerprint density at radius 2 is 1.78 bits per heavy atom. The normalized spacial score (nSPS) is 14.1. The number of nitrogens with zero attached hydrogens (tertiary/aromatic N) is 3. The van der Waals surface area contributed by atoms with Crippen molar-refractivity contribution in [2.45, 2.75) is 26.6 Å². The van der Waals surface area contributed by atoms with Gasteiger partial charge in [-0.1, -0.05) is 30.3 Å². The van der Waals surface area contributed by atoms with E-state index in [0.29, 0.717) is 0 Å². The van der Waals surface area contributed by atoms with Crippen LogP contribution in [0, 0.1) is 18.3 Å². The van der Waals surface area contributed by atoms with Gasteiger partial charge in [-0.25, -0.2) is 0 Å². The summed E-state index contributed by atoms with van der Waals surface area (Å²) in [5.41, 5.74) is 7.12. The molecule has 1 aliphatic rings. The summed E-state index contributed by atoms with van der Waals surface area (Å²) < 4.78 is 2.13. The van der Waals surface area contributed by atoms with Crippen molar-refractivity contribution in [3.8, 4) is 6.07 Å². The molecular weight excluding hydrogens is 282 g/mol. The van der Waals surface area contributed by atoms with Gasteiger partial charge >= 0.3 is 0 Å². The molecule has 0 spiro atoms. The second kappa shape index (κ2) is 5.26. The molecule has 0 bridgehead atoms. The summed E-state index contributed by atoms with van der Waals surface area (Å²) in [6, 6.07) is 17.5. The molecule has 0 atom stereocenters.